The third-order valence-corrected chi connectivity index (χ3v) is 4.40. The summed E-state index contributed by atoms with van der Waals surface area (Å²) >= 11 is 3.48. The maximum Gasteiger partial charge on any atom is 0.344 e. The van der Waals surface area contributed by atoms with Gasteiger partial charge in [-0.3, -0.25) is 0 Å². The number of nitrogens with one attached hydrogen (secondary N) is 1. The van der Waals surface area contributed by atoms with Gasteiger partial charge in [-0.1, -0.05) is 6.07 Å². The fraction of sp³-hybridized carbons (Fsp3) is 0.611. The van der Waals surface area contributed by atoms with Gasteiger partial charge in [0.2, 0.25) is 0 Å². The molecule has 0 aliphatic carbocycles. The summed E-state index contributed by atoms with van der Waals surface area (Å²) in [5.41, 5.74) is 0.758. The van der Waals surface area contributed by atoms with Gasteiger partial charge in [0.05, 0.1) is 4.47 Å². The van der Waals surface area contributed by atoms with Crippen molar-refractivity contribution in [3.05, 3.63) is 28.2 Å². The molecule has 23 heavy (non-hydrogen) atoms. The number of carbonyl (C=O) groups excluding carboxylic acids is 1. The van der Waals surface area contributed by atoms with Gasteiger partial charge in [-0.15, -0.1) is 0 Å². The molecule has 1 fully saturated rings. The summed E-state index contributed by atoms with van der Waals surface area (Å²) in [6.45, 7) is 7.67. The molecule has 0 amide bonds. The molecule has 0 aromatic heterocycles. The predicted molar refractivity (Wildman–Crippen MR) is 94.8 cm³/mol. The lowest BCUT2D eigenvalue weighted by atomic mass is 9.91. The van der Waals surface area contributed by atoms with Crippen LogP contribution in [0.3, 0.4) is 0 Å². The van der Waals surface area contributed by atoms with E-state index in [9.17, 15) is 4.79 Å². The van der Waals surface area contributed by atoms with E-state index in [0.717, 1.165) is 29.9 Å². The number of carbonyl (C=O) groups is 1. The van der Waals surface area contributed by atoms with E-state index in [0.29, 0.717) is 5.75 Å². The summed E-state index contributed by atoms with van der Waals surface area (Å²) in [6.07, 6.45) is 3.48. The molecule has 1 aliphatic rings. The molecule has 0 radical (unpaired) electrons. The lowest BCUT2D eigenvalue weighted by molar-refractivity contribution is -0.157. The van der Waals surface area contributed by atoms with Crippen LogP contribution in [0.2, 0.25) is 0 Å². The van der Waals surface area contributed by atoms with Crippen LogP contribution < -0.4 is 10.1 Å². The van der Waals surface area contributed by atoms with E-state index < -0.39 is 5.60 Å². The average molecular weight is 384 g/mol. The van der Waals surface area contributed by atoms with Crippen molar-refractivity contribution in [1.29, 1.82) is 0 Å². The molecular formula is C18H26BrNO3. The number of piperidine rings is 1. The molecule has 0 atom stereocenters. The van der Waals surface area contributed by atoms with E-state index in [4.69, 9.17) is 9.47 Å². The molecule has 4 nitrogen and oxygen atoms in total. The summed E-state index contributed by atoms with van der Waals surface area (Å²) in [5, 5.41) is 3.39. The second-order valence-corrected chi connectivity index (χ2v) is 7.89. The van der Waals surface area contributed by atoms with Crippen molar-refractivity contribution < 1.29 is 14.3 Å². The predicted octanol–water partition coefficient (Wildman–Crippen LogP) is 3.71. The molecule has 1 saturated heterocycles. The van der Waals surface area contributed by atoms with Crippen molar-refractivity contribution in [2.75, 3.05) is 19.7 Å². The van der Waals surface area contributed by atoms with E-state index in [1.807, 2.05) is 32.9 Å². The van der Waals surface area contributed by atoms with Gasteiger partial charge in [-0.2, -0.15) is 0 Å². The third-order valence-electron chi connectivity index (χ3n) is 3.74. The summed E-state index contributed by atoms with van der Waals surface area (Å²) < 4.78 is 11.8. The Bertz CT molecular complexity index is 534. The van der Waals surface area contributed by atoms with Crippen molar-refractivity contribution >= 4 is 21.9 Å². The first-order chi connectivity index (χ1) is 10.8. The van der Waals surface area contributed by atoms with Crippen LogP contribution in [0.25, 0.3) is 0 Å². The lowest BCUT2D eigenvalue weighted by Crippen LogP contribution is -2.28. The van der Waals surface area contributed by atoms with Crippen LogP contribution in [0.4, 0.5) is 0 Å². The number of benzene rings is 1. The monoisotopic (exact) mass is 383 g/mol. The van der Waals surface area contributed by atoms with E-state index in [1.54, 1.807) is 0 Å². The molecule has 128 valence electrons. The Hall–Kier alpha value is -1.07. The highest BCUT2D eigenvalue weighted by molar-refractivity contribution is 9.10. The second kappa shape index (κ2) is 8.15. The number of halogens is 1. The molecule has 0 unspecified atom stereocenters. The van der Waals surface area contributed by atoms with Gasteiger partial charge in [0.1, 0.15) is 11.4 Å². The maximum absolute atomic E-state index is 11.8. The summed E-state index contributed by atoms with van der Waals surface area (Å²) in [6, 6.07) is 6.13. The zero-order valence-electron chi connectivity index (χ0n) is 14.2. The first-order valence-corrected chi connectivity index (χ1v) is 8.96. The van der Waals surface area contributed by atoms with Crippen molar-refractivity contribution in [2.24, 2.45) is 5.92 Å². The maximum atomic E-state index is 11.8. The average Bonchev–Trinajstić information content (AvgIpc) is 2.47. The fourth-order valence-electron chi connectivity index (χ4n) is 2.71. The molecule has 0 spiro atoms. The molecule has 0 saturated carbocycles. The van der Waals surface area contributed by atoms with Crippen molar-refractivity contribution in [1.82, 2.24) is 5.32 Å². The summed E-state index contributed by atoms with van der Waals surface area (Å²) in [7, 11) is 0. The van der Waals surface area contributed by atoms with Gasteiger partial charge in [-0.05, 0) is 92.7 Å². The first kappa shape index (κ1) is 18.3. The van der Waals surface area contributed by atoms with Crippen LogP contribution in [-0.4, -0.2) is 31.3 Å². The standard InChI is InChI=1S/C18H26BrNO3/c1-18(2,3)23-17(21)12-22-16-11-14(4-5-15(16)19)10-13-6-8-20-9-7-13/h4-5,11,13,20H,6-10,12H2,1-3H3. The SMILES string of the molecule is CC(C)(C)OC(=O)COc1cc(CC2CCNCC2)ccc1Br. The van der Waals surface area contributed by atoms with Gasteiger partial charge >= 0.3 is 5.97 Å². The van der Waals surface area contributed by atoms with Crippen LogP contribution in [0.1, 0.15) is 39.2 Å². The Morgan fingerprint density at radius 3 is 2.65 bits per heavy atom. The highest BCUT2D eigenvalue weighted by Gasteiger charge is 2.18. The van der Waals surface area contributed by atoms with Crippen LogP contribution in [0, 0.1) is 5.92 Å². The lowest BCUT2D eigenvalue weighted by Gasteiger charge is -2.23. The smallest absolute Gasteiger partial charge is 0.344 e. The normalized spacial score (nSPS) is 16.2. The van der Waals surface area contributed by atoms with Crippen molar-refractivity contribution in [3.63, 3.8) is 0 Å². The van der Waals surface area contributed by atoms with Crippen molar-refractivity contribution in [2.45, 2.75) is 45.6 Å². The molecule has 2 rings (SSSR count). The zero-order chi connectivity index (χ0) is 16.9. The summed E-state index contributed by atoms with van der Waals surface area (Å²) in [4.78, 5) is 11.8. The molecule has 0 bridgehead atoms. The number of esters is 1. The minimum atomic E-state index is -0.492. The molecule has 1 heterocycles. The quantitative estimate of drug-likeness (QED) is 0.787. The van der Waals surface area contributed by atoms with Gasteiger partial charge < -0.3 is 14.8 Å². The Labute approximate surface area is 147 Å². The summed E-state index contributed by atoms with van der Waals surface area (Å²) in [5.74, 6) is 1.06. The molecule has 5 heteroatoms. The van der Waals surface area contributed by atoms with Crippen molar-refractivity contribution in [3.8, 4) is 5.75 Å². The highest BCUT2D eigenvalue weighted by atomic mass is 79.9. The Morgan fingerprint density at radius 2 is 2.00 bits per heavy atom. The highest BCUT2D eigenvalue weighted by Crippen LogP contribution is 2.28. The van der Waals surface area contributed by atoms with Gasteiger partial charge in [0.15, 0.2) is 6.61 Å². The molecule has 1 N–H and O–H groups in total. The molecule has 1 aliphatic heterocycles. The number of hydrogen-bond donors (Lipinski definition) is 1. The molecule has 1 aromatic rings. The second-order valence-electron chi connectivity index (χ2n) is 7.04. The molecular weight excluding hydrogens is 358 g/mol. The number of rotatable bonds is 5. The molecule has 1 aromatic carbocycles. The first-order valence-electron chi connectivity index (χ1n) is 8.17. The van der Waals surface area contributed by atoms with Gasteiger partial charge in [0, 0.05) is 0 Å². The van der Waals surface area contributed by atoms with E-state index >= 15 is 0 Å². The van der Waals surface area contributed by atoms with Crippen LogP contribution in [0.15, 0.2) is 22.7 Å². The number of hydrogen-bond acceptors (Lipinski definition) is 4. The minimum absolute atomic E-state index is 0.0767. The Morgan fingerprint density at radius 1 is 1.30 bits per heavy atom. The van der Waals surface area contributed by atoms with Gasteiger partial charge in [0.25, 0.3) is 0 Å². The van der Waals surface area contributed by atoms with E-state index in [1.165, 1.54) is 18.4 Å². The Kier molecular flexibility index (Phi) is 6.48. The van der Waals surface area contributed by atoms with Crippen LogP contribution in [-0.2, 0) is 16.0 Å². The largest absolute Gasteiger partial charge is 0.481 e. The van der Waals surface area contributed by atoms with E-state index in [-0.39, 0.29) is 12.6 Å². The Balaban J connectivity index is 1.93. The van der Waals surface area contributed by atoms with Crippen LogP contribution >= 0.6 is 15.9 Å². The number of ether oxygens (including phenoxy) is 2. The fourth-order valence-corrected chi connectivity index (χ4v) is 3.07. The minimum Gasteiger partial charge on any atom is -0.481 e. The van der Waals surface area contributed by atoms with Gasteiger partial charge in [-0.25, -0.2) is 4.79 Å². The zero-order valence-corrected chi connectivity index (χ0v) is 15.7. The van der Waals surface area contributed by atoms with Crippen LogP contribution in [0.5, 0.6) is 5.75 Å². The van der Waals surface area contributed by atoms with E-state index in [2.05, 4.69) is 27.3 Å². The third kappa shape index (κ3) is 6.51. The topological polar surface area (TPSA) is 47.6 Å².